The van der Waals surface area contributed by atoms with Crippen molar-refractivity contribution in [3.05, 3.63) is 35.9 Å². The molecular formula is C18H26N2O3S. The molecule has 0 spiro atoms. The lowest BCUT2D eigenvalue weighted by Crippen LogP contribution is -2.52. The summed E-state index contributed by atoms with van der Waals surface area (Å²) < 4.78 is 25.5. The molecule has 2 atom stereocenters. The first-order valence-electron chi connectivity index (χ1n) is 8.75. The molecule has 0 radical (unpaired) electrons. The monoisotopic (exact) mass is 350 g/mol. The maximum Gasteiger partial charge on any atom is 0.220 e. The van der Waals surface area contributed by atoms with Crippen LogP contribution in [0.3, 0.4) is 0 Å². The van der Waals surface area contributed by atoms with Gasteiger partial charge in [0.2, 0.25) is 15.9 Å². The lowest BCUT2D eigenvalue weighted by Gasteiger charge is -2.37. The van der Waals surface area contributed by atoms with Gasteiger partial charge in [0.1, 0.15) is 0 Å². The first kappa shape index (κ1) is 17.4. The minimum Gasteiger partial charge on any atom is -0.353 e. The van der Waals surface area contributed by atoms with Crippen molar-refractivity contribution in [1.82, 2.24) is 9.62 Å². The number of carbonyl (C=O) groups is 1. The molecule has 0 aliphatic carbocycles. The molecule has 1 aromatic carbocycles. The number of nitrogens with one attached hydrogen (secondary N) is 1. The van der Waals surface area contributed by atoms with Crippen molar-refractivity contribution in [2.75, 3.05) is 6.26 Å². The number of hydrogen-bond acceptors (Lipinski definition) is 3. The Morgan fingerprint density at radius 1 is 1.17 bits per heavy atom. The lowest BCUT2D eigenvalue weighted by molar-refractivity contribution is -0.122. The van der Waals surface area contributed by atoms with Crippen LogP contribution in [0.15, 0.2) is 30.3 Å². The molecule has 3 rings (SSSR count). The second kappa shape index (κ2) is 7.23. The molecule has 2 bridgehead atoms. The van der Waals surface area contributed by atoms with Crippen LogP contribution in [-0.4, -0.2) is 43.0 Å². The number of hydrogen-bond donors (Lipinski definition) is 1. The van der Waals surface area contributed by atoms with Crippen LogP contribution >= 0.6 is 0 Å². The van der Waals surface area contributed by atoms with Gasteiger partial charge in [-0.05, 0) is 44.1 Å². The van der Waals surface area contributed by atoms with E-state index in [1.807, 2.05) is 18.2 Å². The van der Waals surface area contributed by atoms with Crippen molar-refractivity contribution in [3.63, 3.8) is 0 Å². The van der Waals surface area contributed by atoms with E-state index in [1.165, 1.54) is 11.8 Å². The summed E-state index contributed by atoms with van der Waals surface area (Å²) >= 11 is 0. The highest BCUT2D eigenvalue weighted by Crippen LogP contribution is 2.37. The normalized spacial score (nSPS) is 27.1. The summed E-state index contributed by atoms with van der Waals surface area (Å²) in [5.74, 6) is 0.0862. The van der Waals surface area contributed by atoms with E-state index in [9.17, 15) is 13.2 Å². The fraction of sp³-hybridized carbons (Fsp3) is 0.611. The topological polar surface area (TPSA) is 66.5 Å². The third-order valence-corrected chi connectivity index (χ3v) is 6.49. The lowest BCUT2D eigenvalue weighted by atomic mass is 9.99. The van der Waals surface area contributed by atoms with Gasteiger partial charge in [-0.3, -0.25) is 4.79 Å². The number of piperidine rings is 1. The summed E-state index contributed by atoms with van der Waals surface area (Å²) in [4.78, 5) is 12.2. The highest BCUT2D eigenvalue weighted by Gasteiger charge is 2.45. The standard InChI is InChI=1S/C18H26N2O3S/c1-24(22,23)20-16-10-11-17(20)13-15(12-16)19-18(21)9-5-8-14-6-3-2-4-7-14/h2-4,6-7,15-17H,5,8-13H2,1H3,(H,19,21). The summed E-state index contributed by atoms with van der Waals surface area (Å²) in [6, 6.07) is 10.4. The maximum absolute atomic E-state index is 12.2. The van der Waals surface area contributed by atoms with Crippen molar-refractivity contribution in [2.45, 2.75) is 63.1 Å². The molecule has 0 aromatic heterocycles. The van der Waals surface area contributed by atoms with Gasteiger partial charge in [-0.25, -0.2) is 8.42 Å². The van der Waals surface area contributed by atoms with Crippen LogP contribution in [0.5, 0.6) is 0 Å². The first-order valence-corrected chi connectivity index (χ1v) is 10.6. The van der Waals surface area contributed by atoms with Crippen LogP contribution in [0.25, 0.3) is 0 Å². The molecule has 2 unspecified atom stereocenters. The Morgan fingerprint density at radius 2 is 1.79 bits per heavy atom. The van der Waals surface area contributed by atoms with Gasteiger partial charge in [-0.2, -0.15) is 4.31 Å². The van der Waals surface area contributed by atoms with E-state index < -0.39 is 10.0 Å². The number of carbonyl (C=O) groups excluding carboxylic acids is 1. The number of aryl methyl sites for hydroxylation is 1. The van der Waals surface area contributed by atoms with Gasteiger partial charge in [0.25, 0.3) is 0 Å². The number of amides is 1. The smallest absolute Gasteiger partial charge is 0.220 e. The third kappa shape index (κ3) is 4.16. The van der Waals surface area contributed by atoms with Gasteiger partial charge in [0.15, 0.2) is 0 Å². The molecule has 132 valence electrons. The van der Waals surface area contributed by atoms with Crippen LogP contribution < -0.4 is 5.32 Å². The van der Waals surface area contributed by atoms with Gasteiger partial charge in [0, 0.05) is 24.5 Å². The third-order valence-electron chi connectivity index (χ3n) is 5.13. The molecule has 6 heteroatoms. The summed E-state index contributed by atoms with van der Waals surface area (Å²) in [5, 5.41) is 3.12. The molecule has 2 aliphatic heterocycles. The quantitative estimate of drug-likeness (QED) is 0.854. The Hall–Kier alpha value is -1.40. The number of sulfonamides is 1. The molecule has 2 heterocycles. The van der Waals surface area contributed by atoms with Crippen molar-refractivity contribution in [1.29, 1.82) is 0 Å². The molecule has 2 saturated heterocycles. The van der Waals surface area contributed by atoms with Gasteiger partial charge >= 0.3 is 0 Å². The molecule has 0 saturated carbocycles. The molecule has 1 N–H and O–H groups in total. The fourth-order valence-corrected chi connectivity index (χ4v) is 5.66. The fourth-order valence-electron chi connectivity index (χ4n) is 4.19. The van der Waals surface area contributed by atoms with Crippen LogP contribution in [0, 0.1) is 0 Å². The molecule has 2 fully saturated rings. The Balaban J connectivity index is 1.45. The average Bonchev–Trinajstić information content (AvgIpc) is 2.81. The van der Waals surface area contributed by atoms with Crippen molar-refractivity contribution < 1.29 is 13.2 Å². The number of benzene rings is 1. The Kier molecular flexibility index (Phi) is 5.25. The van der Waals surface area contributed by atoms with Gasteiger partial charge in [-0.15, -0.1) is 0 Å². The largest absolute Gasteiger partial charge is 0.353 e. The number of rotatable bonds is 6. The predicted molar refractivity (Wildman–Crippen MR) is 94.0 cm³/mol. The summed E-state index contributed by atoms with van der Waals surface area (Å²) in [7, 11) is -3.14. The van der Waals surface area contributed by atoms with Crippen molar-refractivity contribution in [2.24, 2.45) is 0 Å². The van der Waals surface area contributed by atoms with E-state index in [0.717, 1.165) is 38.5 Å². The Bertz CT molecular complexity index is 661. The highest BCUT2D eigenvalue weighted by molar-refractivity contribution is 7.88. The minimum absolute atomic E-state index is 0.0633. The van der Waals surface area contributed by atoms with Crippen LogP contribution in [0.2, 0.25) is 0 Å². The minimum atomic E-state index is -3.14. The van der Waals surface area contributed by atoms with E-state index in [4.69, 9.17) is 0 Å². The van der Waals surface area contributed by atoms with Gasteiger partial charge < -0.3 is 5.32 Å². The van der Waals surface area contributed by atoms with E-state index in [2.05, 4.69) is 17.4 Å². The SMILES string of the molecule is CS(=O)(=O)N1C2CCC1CC(NC(=O)CCCc1ccccc1)C2. The molecule has 24 heavy (non-hydrogen) atoms. The van der Waals surface area contributed by atoms with E-state index >= 15 is 0 Å². The zero-order valence-electron chi connectivity index (χ0n) is 14.1. The highest BCUT2D eigenvalue weighted by atomic mass is 32.2. The first-order chi connectivity index (χ1) is 11.4. The molecule has 1 aromatic rings. The molecule has 2 aliphatic rings. The van der Waals surface area contributed by atoms with Crippen molar-refractivity contribution in [3.8, 4) is 0 Å². The summed E-state index contributed by atoms with van der Waals surface area (Å²) in [6.07, 6.45) is 6.88. The molecule has 5 nitrogen and oxygen atoms in total. The van der Waals surface area contributed by atoms with Gasteiger partial charge in [0.05, 0.1) is 6.26 Å². The Labute approximate surface area is 144 Å². The van der Waals surface area contributed by atoms with Crippen LogP contribution in [0.4, 0.5) is 0 Å². The number of fused-ring (bicyclic) bond motifs is 2. The Morgan fingerprint density at radius 3 is 2.38 bits per heavy atom. The zero-order chi connectivity index (χ0) is 17.2. The van der Waals surface area contributed by atoms with E-state index in [1.54, 1.807) is 4.31 Å². The van der Waals surface area contributed by atoms with Crippen LogP contribution in [-0.2, 0) is 21.2 Å². The maximum atomic E-state index is 12.2. The molecule has 1 amide bonds. The summed E-state index contributed by atoms with van der Waals surface area (Å²) in [6.45, 7) is 0. The summed E-state index contributed by atoms with van der Waals surface area (Å²) in [5.41, 5.74) is 1.25. The number of nitrogens with zero attached hydrogens (tertiary/aromatic N) is 1. The van der Waals surface area contributed by atoms with Gasteiger partial charge in [-0.1, -0.05) is 30.3 Å². The second-order valence-corrected chi connectivity index (χ2v) is 8.94. The predicted octanol–water partition coefficient (Wildman–Crippen LogP) is 2.08. The molecular weight excluding hydrogens is 324 g/mol. The zero-order valence-corrected chi connectivity index (χ0v) is 15.0. The average molecular weight is 350 g/mol. The van der Waals surface area contributed by atoms with Crippen molar-refractivity contribution >= 4 is 15.9 Å². The van der Waals surface area contributed by atoms with E-state index in [-0.39, 0.29) is 24.0 Å². The second-order valence-electron chi connectivity index (χ2n) is 7.05. The van der Waals surface area contributed by atoms with Crippen LogP contribution in [0.1, 0.15) is 44.1 Å². The van der Waals surface area contributed by atoms with E-state index in [0.29, 0.717) is 6.42 Å².